The molecule has 0 amide bonds. The summed E-state index contributed by atoms with van der Waals surface area (Å²) in [6.07, 6.45) is 10.6. The second-order valence-electron chi connectivity index (χ2n) is 13.1. The Morgan fingerprint density at radius 3 is 2.38 bits per heavy atom. The molecule has 2 unspecified atom stereocenters. The average molecular weight is 584 g/mol. The molecule has 220 valence electrons. The molecule has 2 heterocycles. The summed E-state index contributed by atoms with van der Waals surface area (Å²) in [5.74, 6) is 1.28. The van der Waals surface area contributed by atoms with Gasteiger partial charge in [0.1, 0.15) is 11.2 Å². The second-order valence-corrected chi connectivity index (χ2v) is 13.1. The number of fused-ring (bicyclic) bond motifs is 6. The van der Waals surface area contributed by atoms with Crippen molar-refractivity contribution in [2.75, 3.05) is 0 Å². The van der Waals surface area contributed by atoms with Crippen molar-refractivity contribution < 1.29 is 4.42 Å². The molecule has 0 saturated heterocycles. The number of allylic oxidation sites excluding steroid dienone is 2. The molecule has 7 aromatic rings. The van der Waals surface area contributed by atoms with Gasteiger partial charge in [0.05, 0.1) is 5.52 Å². The summed E-state index contributed by atoms with van der Waals surface area (Å²) in [6.45, 7) is 0. The topological polar surface area (TPSA) is 18.1 Å². The van der Waals surface area contributed by atoms with E-state index in [1.165, 1.54) is 75.4 Å². The largest absolute Gasteiger partial charge is 0.456 e. The molecule has 0 saturated carbocycles. The zero-order chi connectivity index (χ0) is 29.7. The number of hydrogen-bond acceptors (Lipinski definition) is 1. The summed E-state index contributed by atoms with van der Waals surface area (Å²) in [5, 5.41) is 3.85. The normalized spacial score (nSPS) is 18.4. The Morgan fingerprint density at radius 2 is 1.49 bits per heavy atom. The van der Waals surface area contributed by atoms with E-state index < -0.39 is 0 Å². The molecule has 5 aromatic carbocycles. The van der Waals surface area contributed by atoms with Gasteiger partial charge in [-0.2, -0.15) is 0 Å². The lowest BCUT2D eigenvalue weighted by atomic mass is 9.74. The molecule has 0 spiro atoms. The Kier molecular flexibility index (Phi) is 6.47. The van der Waals surface area contributed by atoms with Crippen molar-refractivity contribution in [3.63, 3.8) is 0 Å². The highest BCUT2D eigenvalue weighted by Gasteiger charge is 2.30. The maximum absolute atomic E-state index is 6.41. The van der Waals surface area contributed by atoms with Crippen LogP contribution in [0.3, 0.4) is 0 Å². The van der Waals surface area contributed by atoms with Crippen molar-refractivity contribution in [2.24, 2.45) is 5.92 Å². The van der Waals surface area contributed by atoms with Gasteiger partial charge >= 0.3 is 0 Å². The molecule has 0 fully saturated rings. The van der Waals surface area contributed by atoms with Crippen LogP contribution in [0.2, 0.25) is 0 Å². The van der Waals surface area contributed by atoms with Crippen LogP contribution >= 0.6 is 0 Å². The zero-order valence-electron chi connectivity index (χ0n) is 25.6. The Balaban J connectivity index is 1.11. The van der Waals surface area contributed by atoms with E-state index in [2.05, 4.69) is 132 Å². The van der Waals surface area contributed by atoms with Crippen molar-refractivity contribution in [1.82, 2.24) is 4.57 Å². The van der Waals surface area contributed by atoms with Crippen LogP contribution in [0.5, 0.6) is 0 Å². The highest BCUT2D eigenvalue weighted by molar-refractivity contribution is 6.07. The Hall–Kier alpha value is -4.82. The van der Waals surface area contributed by atoms with Crippen LogP contribution in [0.4, 0.5) is 0 Å². The minimum absolute atomic E-state index is 0.629. The maximum atomic E-state index is 6.41. The number of rotatable bonds is 5. The fourth-order valence-electron chi connectivity index (χ4n) is 8.39. The van der Waals surface area contributed by atoms with Crippen LogP contribution in [0.15, 0.2) is 137 Å². The van der Waals surface area contributed by atoms with Crippen LogP contribution in [0.1, 0.15) is 59.5 Å². The number of aromatic nitrogens is 1. The lowest BCUT2D eigenvalue weighted by Gasteiger charge is -2.31. The molecule has 0 aliphatic heterocycles. The van der Waals surface area contributed by atoms with E-state index in [0.717, 1.165) is 30.4 Å². The summed E-state index contributed by atoms with van der Waals surface area (Å²) in [5.41, 5.74) is 13.3. The Bertz CT molecular complexity index is 2200. The standard InChI is InChI=1S/C43H37NO/c1-3-11-29(12-4-1)25-34-17-10-20-42-43(34)38-28-35(22-24-41(38)45-42)44-39-19-8-7-18-36(39)37-27-33(21-23-40(37)44)32-16-9-15-31(26-32)30-13-5-2-6-14-30/h1-8,10-14,16-20,22,24,28,31,33H,9,15,21,23,25-27H2. The van der Waals surface area contributed by atoms with Gasteiger partial charge in [-0.05, 0) is 109 Å². The smallest absolute Gasteiger partial charge is 0.135 e. The van der Waals surface area contributed by atoms with E-state index in [1.54, 1.807) is 11.1 Å². The van der Waals surface area contributed by atoms with Crippen LogP contribution in [0, 0.1) is 5.92 Å². The zero-order valence-corrected chi connectivity index (χ0v) is 25.6. The third-order valence-corrected chi connectivity index (χ3v) is 10.5. The number of furan rings is 1. The first-order valence-electron chi connectivity index (χ1n) is 16.6. The summed E-state index contributed by atoms with van der Waals surface area (Å²) >= 11 is 0. The highest BCUT2D eigenvalue weighted by Crippen LogP contribution is 2.44. The molecular weight excluding hydrogens is 546 g/mol. The van der Waals surface area contributed by atoms with E-state index in [4.69, 9.17) is 4.42 Å². The van der Waals surface area contributed by atoms with Crippen molar-refractivity contribution in [3.05, 3.63) is 161 Å². The molecule has 2 aromatic heterocycles. The second kappa shape index (κ2) is 11.0. The molecule has 2 nitrogen and oxygen atoms in total. The maximum Gasteiger partial charge on any atom is 0.135 e. The van der Waals surface area contributed by atoms with Crippen molar-refractivity contribution in [3.8, 4) is 5.69 Å². The van der Waals surface area contributed by atoms with Crippen LogP contribution in [-0.4, -0.2) is 4.57 Å². The van der Waals surface area contributed by atoms with Gasteiger partial charge in [0, 0.05) is 27.5 Å². The predicted octanol–water partition coefficient (Wildman–Crippen LogP) is 11.1. The minimum Gasteiger partial charge on any atom is -0.456 e. The number of nitrogens with zero attached hydrogens (tertiary/aromatic N) is 1. The SMILES string of the molecule is C1=C(C2CCc3c(c4ccccc4n3-c3ccc4oc5cccc(Cc6ccccc6)c5c4c3)C2)CC(c2ccccc2)CC1. The molecule has 9 rings (SSSR count). The van der Waals surface area contributed by atoms with Gasteiger partial charge in [-0.15, -0.1) is 0 Å². The van der Waals surface area contributed by atoms with E-state index in [1.807, 2.05) is 0 Å². The van der Waals surface area contributed by atoms with Gasteiger partial charge in [-0.3, -0.25) is 0 Å². The van der Waals surface area contributed by atoms with E-state index in [-0.39, 0.29) is 0 Å². The first-order chi connectivity index (χ1) is 22.3. The number of para-hydroxylation sites is 1. The summed E-state index contributed by atoms with van der Waals surface area (Å²) in [7, 11) is 0. The molecule has 2 aliphatic carbocycles. The quantitative estimate of drug-likeness (QED) is 0.184. The number of hydrogen-bond donors (Lipinski definition) is 0. The lowest BCUT2D eigenvalue weighted by molar-refractivity contribution is 0.464. The van der Waals surface area contributed by atoms with Gasteiger partial charge in [0.15, 0.2) is 0 Å². The molecular formula is C43H37NO. The van der Waals surface area contributed by atoms with E-state index >= 15 is 0 Å². The van der Waals surface area contributed by atoms with Crippen LogP contribution in [-0.2, 0) is 19.3 Å². The van der Waals surface area contributed by atoms with Gasteiger partial charge in [-0.25, -0.2) is 0 Å². The van der Waals surface area contributed by atoms with Crippen molar-refractivity contribution in [1.29, 1.82) is 0 Å². The van der Waals surface area contributed by atoms with E-state index in [9.17, 15) is 0 Å². The molecule has 2 atom stereocenters. The fraction of sp³-hybridized carbons (Fsp3) is 0.209. The fourth-order valence-corrected chi connectivity index (χ4v) is 8.39. The van der Waals surface area contributed by atoms with E-state index in [0.29, 0.717) is 11.8 Å². The van der Waals surface area contributed by atoms with Gasteiger partial charge in [0.2, 0.25) is 0 Å². The molecule has 2 aliphatic rings. The highest BCUT2D eigenvalue weighted by atomic mass is 16.3. The number of benzene rings is 5. The van der Waals surface area contributed by atoms with Gasteiger partial charge < -0.3 is 8.98 Å². The monoisotopic (exact) mass is 583 g/mol. The minimum atomic E-state index is 0.629. The molecule has 0 bridgehead atoms. The molecule has 0 N–H and O–H groups in total. The van der Waals surface area contributed by atoms with Gasteiger partial charge in [0.25, 0.3) is 0 Å². The molecule has 45 heavy (non-hydrogen) atoms. The van der Waals surface area contributed by atoms with Crippen molar-refractivity contribution in [2.45, 2.75) is 50.9 Å². The summed E-state index contributed by atoms with van der Waals surface area (Å²) in [4.78, 5) is 0. The third kappa shape index (κ3) is 4.63. The molecule has 0 radical (unpaired) electrons. The molecule has 2 heteroatoms. The van der Waals surface area contributed by atoms with Crippen molar-refractivity contribution >= 4 is 32.8 Å². The van der Waals surface area contributed by atoms with Gasteiger partial charge in [-0.1, -0.05) is 103 Å². The summed E-state index contributed by atoms with van der Waals surface area (Å²) < 4.78 is 8.97. The third-order valence-electron chi connectivity index (χ3n) is 10.5. The predicted molar refractivity (Wildman–Crippen MR) is 186 cm³/mol. The first-order valence-corrected chi connectivity index (χ1v) is 16.6. The van der Waals surface area contributed by atoms with Crippen LogP contribution in [0.25, 0.3) is 38.5 Å². The lowest BCUT2D eigenvalue weighted by Crippen LogP contribution is -2.20. The average Bonchev–Trinajstić information content (AvgIpc) is 3.65. The Morgan fingerprint density at radius 1 is 0.667 bits per heavy atom. The first kappa shape index (κ1) is 26.6. The Labute approximate surface area is 264 Å². The summed E-state index contributed by atoms with van der Waals surface area (Å²) in [6, 6.07) is 44.3. The van der Waals surface area contributed by atoms with Crippen LogP contribution < -0.4 is 0 Å².